The molecule has 578 valence electrons. The van der Waals surface area contributed by atoms with Gasteiger partial charge in [-0.15, -0.1) is 0 Å². The van der Waals surface area contributed by atoms with Crippen molar-refractivity contribution in [3.8, 4) is 0 Å². The van der Waals surface area contributed by atoms with Gasteiger partial charge in [-0.1, -0.05) is 130 Å². The van der Waals surface area contributed by atoms with Crippen LogP contribution in [0.25, 0.3) is 0 Å². The standard InChI is InChI=1S/C77H127N13O13/c1-49(2)40-57-73(98)86(17)62(43-52(7)8)72(97)81-68(54(11)91)77(102)89(20)65(44-53(9)10)84(15)60(41-50(3)4)69(94)79-58(75(100)90-35-28-23-29-36-90)47-67(93)83(14)37-34-66(92)85(16)61(42-51(5)6)70(95)80-59(48-103-39-38-82(12)13)74(99)88(19)64(46-56-32-26-22-27-33-56)76(101)87(18)63(71(96)78-57)45-55-30-24-21-25-31-55/h21-22,24-27,30-33,49-54,57-65,68,91H,23,28-29,34-48H2,1-20H3,(H,78,96)(H,79,94)(H,80,95)(H,81,97)/t54-,57+,58+,59+,60+,61+,62+,63+,64+,65+,68+/m1/s1. The van der Waals surface area contributed by atoms with Crippen LogP contribution in [0.2, 0.25) is 0 Å². The van der Waals surface area contributed by atoms with Crippen LogP contribution in [-0.4, -0.2) is 284 Å². The van der Waals surface area contributed by atoms with Gasteiger partial charge in [0.15, 0.2) is 0 Å². The van der Waals surface area contributed by atoms with Crippen LogP contribution in [0.1, 0.15) is 151 Å². The molecular formula is C77H127N13O13. The molecule has 2 fully saturated rings. The lowest BCUT2D eigenvalue weighted by molar-refractivity contribution is -0.151. The molecule has 0 unspecified atom stereocenters. The Morgan fingerprint density at radius 3 is 1.45 bits per heavy atom. The van der Waals surface area contributed by atoms with E-state index in [9.17, 15) is 19.5 Å². The maximum Gasteiger partial charge on any atom is 0.248 e. The molecule has 2 aliphatic rings. The molecule has 11 amide bonds. The van der Waals surface area contributed by atoms with Gasteiger partial charge in [-0.25, -0.2) is 0 Å². The molecule has 2 saturated heterocycles. The van der Waals surface area contributed by atoms with E-state index < -0.39 is 138 Å². The molecule has 103 heavy (non-hydrogen) atoms. The summed E-state index contributed by atoms with van der Waals surface area (Å²) in [6.45, 7) is 21.4. The number of amides is 11. The number of carbonyl (C=O) groups is 11. The number of carbonyl (C=O) groups excluding carboxylic acids is 11. The quantitative estimate of drug-likeness (QED) is 0.109. The minimum atomic E-state index is -1.57. The number of likely N-dealkylation sites (N-methyl/N-ethyl adjacent to an activating group) is 7. The second-order valence-electron chi connectivity index (χ2n) is 31.0. The number of nitrogens with one attached hydrogen (secondary N) is 4. The van der Waals surface area contributed by atoms with Crippen LogP contribution in [0.4, 0.5) is 0 Å². The van der Waals surface area contributed by atoms with Crippen LogP contribution in [-0.2, 0) is 70.3 Å². The Labute approximate surface area is 614 Å². The third-order valence-electron chi connectivity index (χ3n) is 19.6. The first-order chi connectivity index (χ1) is 48.4. The minimum absolute atomic E-state index is 0.0428. The molecule has 2 aromatic rings. The van der Waals surface area contributed by atoms with E-state index in [1.54, 1.807) is 65.4 Å². The van der Waals surface area contributed by atoms with E-state index in [0.717, 1.165) is 19.3 Å². The van der Waals surface area contributed by atoms with Gasteiger partial charge in [-0.05, 0) is 120 Å². The molecule has 0 aliphatic carbocycles. The number of nitrogens with zero attached hydrogens (tertiary/aromatic N) is 9. The van der Waals surface area contributed by atoms with E-state index in [-0.39, 0.29) is 94.3 Å². The number of aliphatic hydroxyl groups is 1. The third kappa shape index (κ3) is 27.1. The fourth-order valence-electron chi connectivity index (χ4n) is 13.3. The molecule has 5 N–H and O–H groups in total. The SMILES string of the molecule is CC(C)C[C@@H]1NC(=O)[C@H](Cc2ccccc2)N(C)C(=O)[C@H](Cc2ccccc2)N(C)C(=O)[C@H](COCCN(C)C)NC(=O)[C@H](CC(C)C)N(C)C(=O)CCN(C)C(=O)C[C@@H](C(=O)N2CCCCC2)NC(=O)[C@H](CC(C)C)N(C)[C@H](CC(C)C)N(C)C(=O)[C@H]([C@@H](C)O)NC(=O)[C@H](CC(C)C)N(C)C1=O. The summed E-state index contributed by atoms with van der Waals surface area (Å²) in [4.78, 5) is 179. The van der Waals surface area contributed by atoms with Gasteiger partial charge in [0.25, 0.3) is 0 Å². The van der Waals surface area contributed by atoms with E-state index in [1.807, 2.05) is 100 Å². The summed E-state index contributed by atoms with van der Waals surface area (Å²) in [6, 6.07) is 6.37. The van der Waals surface area contributed by atoms with Crippen molar-refractivity contribution in [2.75, 3.05) is 103 Å². The summed E-state index contributed by atoms with van der Waals surface area (Å²) in [7, 11) is 14.3. The lowest BCUT2D eigenvalue weighted by atomic mass is 9.97. The largest absolute Gasteiger partial charge is 0.391 e. The average Bonchev–Trinajstić information content (AvgIpc) is 0.805. The Morgan fingerprint density at radius 2 is 0.932 bits per heavy atom. The van der Waals surface area contributed by atoms with E-state index >= 15 is 38.4 Å². The molecule has 0 bridgehead atoms. The molecule has 2 heterocycles. The summed E-state index contributed by atoms with van der Waals surface area (Å²) in [5, 5.41) is 23.3. The number of piperidine rings is 1. The lowest BCUT2D eigenvalue weighted by Gasteiger charge is -2.42. The van der Waals surface area contributed by atoms with E-state index in [1.165, 1.54) is 78.6 Å². The number of benzene rings is 2. The van der Waals surface area contributed by atoms with Gasteiger partial charge in [0.2, 0.25) is 65.0 Å². The van der Waals surface area contributed by atoms with Crippen molar-refractivity contribution in [3.05, 3.63) is 71.8 Å². The summed E-state index contributed by atoms with van der Waals surface area (Å²) in [5.41, 5.74) is 1.33. The predicted molar refractivity (Wildman–Crippen MR) is 398 cm³/mol. The van der Waals surface area contributed by atoms with Gasteiger partial charge in [0.1, 0.15) is 48.3 Å². The topological polar surface area (TPSA) is 295 Å². The molecule has 26 nitrogen and oxygen atoms in total. The Hall–Kier alpha value is -7.55. The molecule has 2 aliphatic heterocycles. The highest BCUT2D eigenvalue weighted by Crippen LogP contribution is 2.25. The number of likely N-dealkylation sites (tertiary alicyclic amines) is 1. The molecule has 11 atom stereocenters. The summed E-state index contributed by atoms with van der Waals surface area (Å²) >= 11 is 0. The van der Waals surface area contributed by atoms with Crippen LogP contribution in [0.5, 0.6) is 0 Å². The first-order valence-electron chi connectivity index (χ1n) is 37.1. The first kappa shape index (κ1) is 87.9. The third-order valence-corrected chi connectivity index (χ3v) is 19.6. The smallest absolute Gasteiger partial charge is 0.248 e. The number of hydrogen-bond donors (Lipinski definition) is 5. The zero-order valence-corrected chi connectivity index (χ0v) is 65.6. The van der Waals surface area contributed by atoms with Crippen LogP contribution in [0.15, 0.2) is 60.7 Å². The predicted octanol–water partition coefficient (Wildman–Crippen LogP) is 4.26. The van der Waals surface area contributed by atoms with Crippen LogP contribution < -0.4 is 21.3 Å². The fraction of sp³-hybridized carbons (Fsp3) is 0.701. The lowest BCUT2D eigenvalue weighted by Crippen LogP contribution is -2.63. The highest BCUT2D eigenvalue weighted by molar-refractivity contribution is 5.98. The number of ether oxygens (including phenoxy) is 1. The zero-order chi connectivity index (χ0) is 77.3. The van der Waals surface area contributed by atoms with Crippen molar-refractivity contribution in [1.29, 1.82) is 0 Å². The van der Waals surface area contributed by atoms with Crippen LogP contribution in [0, 0.1) is 29.6 Å². The highest BCUT2D eigenvalue weighted by Gasteiger charge is 2.44. The monoisotopic (exact) mass is 1440 g/mol. The van der Waals surface area contributed by atoms with Crippen LogP contribution >= 0.6 is 0 Å². The second-order valence-corrected chi connectivity index (χ2v) is 31.0. The molecule has 26 heteroatoms. The van der Waals surface area contributed by atoms with Crippen molar-refractivity contribution >= 4 is 65.0 Å². The Balaban J connectivity index is 2.00. The van der Waals surface area contributed by atoms with E-state index in [4.69, 9.17) is 4.74 Å². The highest BCUT2D eigenvalue weighted by atomic mass is 16.5. The van der Waals surface area contributed by atoms with Crippen molar-refractivity contribution in [2.24, 2.45) is 29.6 Å². The molecular weight excluding hydrogens is 1310 g/mol. The number of rotatable bonds is 21. The molecule has 0 radical (unpaired) electrons. The normalized spacial score (nSPS) is 24.9. The molecule has 0 saturated carbocycles. The van der Waals surface area contributed by atoms with Crippen LogP contribution in [0.3, 0.4) is 0 Å². The van der Waals surface area contributed by atoms with E-state index in [0.29, 0.717) is 37.2 Å². The van der Waals surface area contributed by atoms with Gasteiger partial charge in [-0.2, -0.15) is 0 Å². The summed E-state index contributed by atoms with van der Waals surface area (Å²) in [6.07, 6.45) is 0.0855. The first-order valence-corrected chi connectivity index (χ1v) is 37.1. The molecule has 2 aromatic carbocycles. The van der Waals surface area contributed by atoms with Crippen molar-refractivity contribution in [3.63, 3.8) is 0 Å². The van der Waals surface area contributed by atoms with Gasteiger partial charge in [0, 0.05) is 87.7 Å². The van der Waals surface area contributed by atoms with Gasteiger partial charge < -0.3 is 70.3 Å². The van der Waals surface area contributed by atoms with Gasteiger partial charge in [-0.3, -0.25) is 57.6 Å². The Bertz CT molecular complexity index is 3070. The molecule has 0 spiro atoms. The number of hydrogen-bond acceptors (Lipinski definition) is 15. The van der Waals surface area contributed by atoms with E-state index in [2.05, 4.69) is 21.3 Å². The molecule has 4 rings (SSSR count). The van der Waals surface area contributed by atoms with Crippen molar-refractivity contribution < 1.29 is 62.6 Å². The van der Waals surface area contributed by atoms with Crippen molar-refractivity contribution in [1.82, 2.24) is 65.4 Å². The maximum atomic E-state index is 15.8. The van der Waals surface area contributed by atoms with Crippen molar-refractivity contribution in [2.45, 2.75) is 220 Å². The summed E-state index contributed by atoms with van der Waals surface area (Å²) in [5.74, 6) is -7.71. The second kappa shape index (κ2) is 42.4. The van der Waals surface area contributed by atoms with Gasteiger partial charge >= 0.3 is 0 Å². The van der Waals surface area contributed by atoms with Gasteiger partial charge in [0.05, 0.1) is 37.9 Å². The Kier molecular flexibility index (Phi) is 36.2. The molecule has 0 aromatic heterocycles. The zero-order valence-electron chi connectivity index (χ0n) is 65.6. The minimum Gasteiger partial charge on any atom is -0.391 e. The average molecular weight is 1440 g/mol. The summed E-state index contributed by atoms with van der Waals surface area (Å²) < 4.78 is 6.12. The number of aliphatic hydroxyl groups excluding tert-OH is 1. The Morgan fingerprint density at radius 1 is 0.485 bits per heavy atom. The maximum absolute atomic E-state index is 15.8. The fourth-order valence-corrected chi connectivity index (χ4v) is 13.3.